The first-order chi connectivity index (χ1) is 9.60. The van der Waals surface area contributed by atoms with Crippen molar-refractivity contribution in [1.82, 2.24) is 10.2 Å². The van der Waals surface area contributed by atoms with Gasteiger partial charge in [0.1, 0.15) is 0 Å². The van der Waals surface area contributed by atoms with Crippen LogP contribution in [0.5, 0.6) is 0 Å². The Morgan fingerprint density at radius 1 is 1.25 bits per heavy atom. The molecule has 1 saturated carbocycles. The van der Waals surface area contributed by atoms with Crippen molar-refractivity contribution >= 4 is 10.8 Å². The van der Waals surface area contributed by atoms with Gasteiger partial charge in [-0.3, -0.25) is 4.21 Å². The maximum Gasteiger partial charge on any atom is 0.0362 e. The highest BCUT2D eigenvalue weighted by Gasteiger charge is 2.29. The summed E-state index contributed by atoms with van der Waals surface area (Å²) in [6, 6.07) is 1.21. The van der Waals surface area contributed by atoms with E-state index in [4.69, 9.17) is 0 Å². The number of likely N-dealkylation sites (tertiary alicyclic amines) is 1. The molecule has 4 heteroatoms. The van der Waals surface area contributed by atoms with E-state index in [0.717, 1.165) is 18.1 Å². The van der Waals surface area contributed by atoms with Gasteiger partial charge in [-0.05, 0) is 65.1 Å². The number of hydrogen-bond donors (Lipinski definition) is 1. The van der Waals surface area contributed by atoms with Gasteiger partial charge < -0.3 is 10.2 Å². The summed E-state index contributed by atoms with van der Waals surface area (Å²) in [6.45, 7) is 6.89. The largest absolute Gasteiger partial charge is 0.311 e. The lowest BCUT2D eigenvalue weighted by Gasteiger charge is -2.37. The van der Waals surface area contributed by atoms with Crippen molar-refractivity contribution in [2.24, 2.45) is 5.92 Å². The van der Waals surface area contributed by atoms with Gasteiger partial charge in [-0.25, -0.2) is 0 Å². The van der Waals surface area contributed by atoms with Crippen molar-refractivity contribution in [2.75, 3.05) is 25.9 Å². The Morgan fingerprint density at radius 2 is 1.95 bits per heavy atom. The molecule has 1 aliphatic carbocycles. The molecule has 2 fully saturated rings. The molecule has 2 aliphatic rings. The average Bonchev–Trinajstić information content (AvgIpc) is 2.47. The summed E-state index contributed by atoms with van der Waals surface area (Å²) in [6.07, 6.45) is 7.45. The van der Waals surface area contributed by atoms with Crippen LogP contribution in [0.3, 0.4) is 0 Å². The standard InChI is InChI=1S/C16H32N2OS/c1-4-20(19)16-7-5-6-15(12-16)17-13(2)14-8-10-18(3)11-9-14/h13-17H,4-12H2,1-3H3/t13-,15+,16+,20-/m0/s1. The van der Waals surface area contributed by atoms with Crippen LogP contribution in [-0.4, -0.2) is 52.3 Å². The zero-order chi connectivity index (χ0) is 14.5. The quantitative estimate of drug-likeness (QED) is 0.846. The molecule has 4 atom stereocenters. The van der Waals surface area contributed by atoms with Crippen molar-refractivity contribution in [3.8, 4) is 0 Å². The van der Waals surface area contributed by atoms with Crippen LogP contribution in [0.15, 0.2) is 0 Å². The molecule has 0 bridgehead atoms. The Balaban J connectivity index is 1.78. The van der Waals surface area contributed by atoms with E-state index < -0.39 is 10.8 Å². The lowest BCUT2D eigenvalue weighted by atomic mass is 9.88. The van der Waals surface area contributed by atoms with Gasteiger partial charge in [0.2, 0.25) is 0 Å². The summed E-state index contributed by atoms with van der Waals surface area (Å²) in [5.74, 6) is 1.64. The molecule has 20 heavy (non-hydrogen) atoms. The molecule has 0 radical (unpaired) electrons. The lowest BCUT2D eigenvalue weighted by molar-refractivity contribution is 0.178. The molecule has 0 aromatic carbocycles. The minimum Gasteiger partial charge on any atom is -0.311 e. The van der Waals surface area contributed by atoms with Gasteiger partial charge >= 0.3 is 0 Å². The SMILES string of the molecule is CC[S@](=O)[C@@H]1CCC[C@@H](N[C@@H](C)C2CCN(C)CC2)C1. The van der Waals surface area contributed by atoms with E-state index >= 15 is 0 Å². The summed E-state index contributed by atoms with van der Waals surface area (Å²) in [5.41, 5.74) is 0. The second kappa shape index (κ2) is 7.90. The number of piperidine rings is 1. The minimum atomic E-state index is -0.605. The summed E-state index contributed by atoms with van der Waals surface area (Å²) in [4.78, 5) is 2.43. The number of hydrogen-bond acceptors (Lipinski definition) is 3. The van der Waals surface area contributed by atoms with Crippen molar-refractivity contribution in [1.29, 1.82) is 0 Å². The molecule has 1 saturated heterocycles. The van der Waals surface area contributed by atoms with Crippen molar-refractivity contribution < 1.29 is 4.21 Å². The van der Waals surface area contributed by atoms with Crippen LogP contribution < -0.4 is 5.32 Å². The molecule has 0 spiro atoms. The molecule has 3 nitrogen and oxygen atoms in total. The van der Waals surface area contributed by atoms with E-state index in [2.05, 4.69) is 24.2 Å². The summed E-state index contributed by atoms with van der Waals surface area (Å²) in [5, 5.41) is 4.30. The number of rotatable bonds is 5. The van der Waals surface area contributed by atoms with E-state index in [1.807, 2.05) is 6.92 Å². The van der Waals surface area contributed by atoms with Crippen molar-refractivity contribution in [3.05, 3.63) is 0 Å². The predicted molar refractivity (Wildman–Crippen MR) is 87.5 cm³/mol. The van der Waals surface area contributed by atoms with Crippen LogP contribution in [0.1, 0.15) is 52.4 Å². The van der Waals surface area contributed by atoms with E-state index in [0.29, 0.717) is 17.3 Å². The van der Waals surface area contributed by atoms with Crippen LogP contribution in [0.4, 0.5) is 0 Å². The van der Waals surface area contributed by atoms with Gasteiger partial charge in [0, 0.05) is 33.9 Å². The highest BCUT2D eigenvalue weighted by atomic mass is 32.2. The zero-order valence-corrected chi connectivity index (χ0v) is 14.3. The van der Waals surface area contributed by atoms with Gasteiger partial charge in [-0.2, -0.15) is 0 Å². The van der Waals surface area contributed by atoms with Gasteiger partial charge in [-0.15, -0.1) is 0 Å². The smallest absolute Gasteiger partial charge is 0.0362 e. The highest BCUT2D eigenvalue weighted by Crippen LogP contribution is 2.26. The monoisotopic (exact) mass is 300 g/mol. The molecule has 0 unspecified atom stereocenters. The average molecular weight is 301 g/mol. The zero-order valence-electron chi connectivity index (χ0n) is 13.4. The maximum atomic E-state index is 12.0. The van der Waals surface area contributed by atoms with E-state index in [-0.39, 0.29) is 0 Å². The van der Waals surface area contributed by atoms with Crippen LogP contribution in [-0.2, 0) is 10.8 Å². The molecule has 1 aliphatic heterocycles. The van der Waals surface area contributed by atoms with Gasteiger partial charge in [0.25, 0.3) is 0 Å². The highest BCUT2D eigenvalue weighted by molar-refractivity contribution is 7.85. The third kappa shape index (κ3) is 4.54. The lowest BCUT2D eigenvalue weighted by Crippen LogP contribution is -2.47. The number of nitrogens with one attached hydrogen (secondary N) is 1. The van der Waals surface area contributed by atoms with Gasteiger partial charge in [-0.1, -0.05) is 13.3 Å². The Labute approximate surface area is 127 Å². The second-order valence-corrected chi connectivity index (χ2v) is 8.76. The van der Waals surface area contributed by atoms with E-state index in [1.54, 1.807) is 0 Å². The topological polar surface area (TPSA) is 32.3 Å². The Morgan fingerprint density at radius 3 is 2.60 bits per heavy atom. The molecular weight excluding hydrogens is 268 g/mol. The minimum absolute atomic E-state index is 0.441. The van der Waals surface area contributed by atoms with Crippen LogP contribution in [0.2, 0.25) is 0 Å². The summed E-state index contributed by atoms with van der Waals surface area (Å²) in [7, 11) is 1.62. The molecule has 2 rings (SSSR count). The third-order valence-electron chi connectivity index (χ3n) is 5.25. The van der Waals surface area contributed by atoms with Gasteiger partial charge in [0.15, 0.2) is 0 Å². The van der Waals surface area contributed by atoms with Crippen molar-refractivity contribution in [3.63, 3.8) is 0 Å². The first-order valence-electron chi connectivity index (χ1n) is 8.42. The maximum absolute atomic E-state index is 12.0. The fourth-order valence-corrected chi connectivity index (χ4v) is 5.16. The van der Waals surface area contributed by atoms with Gasteiger partial charge in [0.05, 0.1) is 0 Å². The fourth-order valence-electron chi connectivity index (χ4n) is 3.81. The van der Waals surface area contributed by atoms with E-state index in [1.165, 1.54) is 45.2 Å². The first kappa shape index (κ1) is 16.4. The molecule has 0 amide bonds. The van der Waals surface area contributed by atoms with Crippen molar-refractivity contribution in [2.45, 2.75) is 69.7 Å². The Hall–Kier alpha value is 0.0700. The van der Waals surface area contributed by atoms with E-state index in [9.17, 15) is 4.21 Å². The molecule has 1 N–H and O–H groups in total. The summed E-state index contributed by atoms with van der Waals surface area (Å²) < 4.78 is 12.0. The molecular formula is C16H32N2OS. The molecule has 118 valence electrons. The number of nitrogens with zero attached hydrogens (tertiary/aromatic N) is 1. The molecule has 0 aromatic heterocycles. The predicted octanol–water partition coefficient (Wildman–Crippen LogP) is 2.39. The summed E-state index contributed by atoms with van der Waals surface area (Å²) >= 11 is 0. The second-order valence-electron chi connectivity index (χ2n) is 6.75. The van der Waals surface area contributed by atoms with Crippen LogP contribution in [0.25, 0.3) is 0 Å². The van der Waals surface area contributed by atoms with Crippen LogP contribution in [0, 0.1) is 5.92 Å². The Bertz CT molecular complexity index is 316. The van der Waals surface area contributed by atoms with Crippen LogP contribution >= 0.6 is 0 Å². The fraction of sp³-hybridized carbons (Fsp3) is 1.00. The third-order valence-corrected chi connectivity index (χ3v) is 6.99. The molecule has 0 aromatic rings. The molecule has 1 heterocycles. The first-order valence-corrected chi connectivity index (χ1v) is 9.80. The normalized spacial score (nSPS) is 33.0. The Kier molecular flexibility index (Phi) is 6.50.